The van der Waals surface area contributed by atoms with Crippen LogP contribution in [0.15, 0.2) is 42.5 Å². The van der Waals surface area contributed by atoms with Gasteiger partial charge in [-0.1, -0.05) is 18.2 Å². The maximum absolute atomic E-state index is 11.9. The largest absolute Gasteiger partial charge is 0.481 e. The minimum absolute atomic E-state index is 0.0356. The number of anilines is 1. The third-order valence-corrected chi connectivity index (χ3v) is 8.21. The molecule has 5 rings (SSSR count). The molecule has 1 saturated heterocycles. The van der Waals surface area contributed by atoms with E-state index >= 15 is 0 Å². The Bertz CT molecular complexity index is 1270. The number of aryl methyl sites for hydroxylation is 4. The number of fused-ring (bicyclic) bond motifs is 1. The summed E-state index contributed by atoms with van der Waals surface area (Å²) >= 11 is 0. The Morgan fingerprint density at radius 3 is 2.89 bits per heavy atom. The monoisotopic (exact) mass is 502 g/mol. The maximum atomic E-state index is 11.9. The topological polar surface area (TPSA) is 80.0 Å². The van der Waals surface area contributed by atoms with Gasteiger partial charge in [0, 0.05) is 36.2 Å². The second-order valence-corrected chi connectivity index (χ2v) is 11.5. The van der Waals surface area contributed by atoms with Crippen LogP contribution in [0.5, 0.6) is 0 Å². The Hall–Kier alpha value is -3.19. The highest BCUT2D eigenvalue weighted by Crippen LogP contribution is 2.32. The fourth-order valence-electron chi connectivity index (χ4n) is 6.39. The molecule has 0 bridgehead atoms. The van der Waals surface area contributed by atoms with Gasteiger partial charge in [-0.2, -0.15) is 5.10 Å². The molecule has 4 heterocycles. The predicted octanol–water partition coefficient (Wildman–Crippen LogP) is 4.90. The summed E-state index contributed by atoms with van der Waals surface area (Å²) < 4.78 is 2.87. The lowest BCUT2D eigenvalue weighted by Crippen LogP contribution is -2.45. The molecule has 7 heteroatoms. The van der Waals surface area contributed by atoms with E-state index in [1.807, 2.05) is 30.7 Å². The molecule has 2 aliphatic heterocycles. The van der Waals surface area contributed by atoms with E-state index in [1.165, 1.54) is 24.1 Å². The number of carboxylic acid groups (broad SMARTS) is 1. The normalized spacial score (nSPS) is 21.9. The van der Waals surface area contributed by atoms with Crippen molar-refractivity contribution in [1.82, 2.24) is 14.8 Å². The van der Waals surface area contributed by atoms with Gasteiger partial charge in [-0.25, -0.2) is 9.67 Å². The molecule has 0 radical (unpaired) electrons. The van der Waals surface area contributed by atoms with Crippen LogP contribution in [0, 0.1) is 19.8 Å². The molecular formula is C30H40N5O2+. The zero-order valence-corrected chi connectivity index (χ0v) is 22.4. The Kier molecular flexibility index (Phi) is 7.33. The van der Waals surface area contributed by atoms with Crippen LogP contribution in [0.4, 0.5) is 5.82 Å². The maximum Gasteiger partial charge on any atom is 0.304 e. The second kappa shape index (κ2) is 10.7. The summed E-state index contributed by atoms with van der Waals surface area (Å²) in [4.78, 5) is 16.7. The molecule has 3 atom stereocenters. The highest BCUT2D eigenvalue weighted by Gasteiger charge is 2.37. The number of carbonyl (C=O) groups is 1. The summed E-state index contributed by atoms with van der Waals surface area (Å²) in [6.07, 6.45) is 5.77. The van der Waals surface area contributed by atoms with Crippen LogP contribution in [0.2, 0.25) is 0 Å². The number of hydrogen-bond acceptors (Lipinski definition) is 4. The van der Waals surface area contributed by atoms with Gasteiger partial charge < -0.3 is 14.9 Å². The van der Waals surface area contributed by atoms with Crippen LogP contribution in [0.3, 0.4) is 0 Å². The number of pyridine rings is 1. The summed E-state index contributed by atoms with van der Waals surface area (Å²) in [5, 5.41) is 17.8. The van der Waals surface area contributed by atoms with Crippen LogP contribution in [0.1, 0.15) is 59.8 Å². The van der Waals surface area contributed by atoms with Gasteiger partial charge in [0.25, 0.3) is 0 Å². The predicted molar refractivity (Wildman–Crippen MR) is 146 cm³/mol. The summed E-state index contributed by atoms with van der Waals surface area (Å²) in [5.41, 5.74) is 6.65. The van der Waals surface area contributed by atoms with Crippen molar-refractivity contribution in [3.05, 3.63) is 70.7 Å². The van der Waals surface area contributed by atoms with Crippen molar-refractivity contribution in [3.8, 4) is 5.69 Å². The Labute approximate surface area is 220 Å². The number of aliphatic carboxylic acids is 1. The summed E-state index contributed by atoms with van der Waals surface area (Å²) in [5.74, 6) is 0.944. The number of likely N-dealkylation sites (tertiary alicyclic amines) is 1. The van der Waals surface area contributed by atoms with Gasteiger partial charge in [-0.15, -0.1) is 0 Å². The van der Waals surface area contributed by atoms with E-state index in [-0.39, 0.29) is 12.3 Å². The number of aromatic nitrogens is 3. The van der Waals surface area contributed by atoms with Crippen molar-refractivity contribution in [2.24, 2.45) is 5.92 Å². The van der Waals surface area contributed by atoms with E-state index < -0.39 is 5.97 Å². The molecule has 2 N–H and O–H groups in total. The van der Waals surface area contributed by atoms with Crippen molar-refractivity contribution >= 4 is 11.8 Å². The molecule has 7 nitrogen and oxygen atoms in total. The van der Waals surface area contributed by atoms with E-state index in [9.17, 15) is 9.90 Å². The molecule has 0 aliphatic carbocycles. The van der Waals surface area contributed by atoms with Crippen LogP contribution in [0.25, 0.3) is 5.69 Å². The molecule has 1 fully saturated rings. The Morgan fingerprint density at radius 2 is 2.11 bits per heavy atom. The number of quaternary nitrogens is 1. The molecule has 2 aliphatic rings. The Morgan fingerprint density at radius 1 is 1.24 bits per heavy atom. The van der Waals surface area contributed by atoms with Crippen molar-refractivity contribution in [2.75, 3.05) is 38.5 Å². The average molecular weight is 503 g/mol. The van der Waals surface area contributed by atoms with E-state index in [2.05, 4.69) is 47.8 Å². The zero-order chi connectivity index (χ0) is 26.0. The summed E-state index contributed by atoms with van der Waals surface area (Å²) in [7, 11) is 2.31. The molecule has 37 heavy (non-hydrogen) atoms. The van der Waals surface area contributed by atoms with E-state index in [1.54, 1.807) is 0 Å². The van der Waals surface area contributed by atoms with Crippen LogP contribution < -0.4 is 5.32 Å². The van der Waals surface area contributed by atoms with Crippen LogP contribution >= 0.6 is 0 Å². The summed E-state index contributed by atoms with van der Waals surface area (Å²) in [6.45, 7) is 8.09. The van der Waals surface area contributed by atoms with Crippen LogP contribution in [-0.2, 0) is 17.6 Å². The minimum Gasteiger partial charge on any atom is -0.481 e. The lowest BCUT2D eigenvalue weighted by Gasteiger charge is -2.33. The fraction of sp³-hybridized carbons (Fsp3) is 0.500. The summed E-state index contributed by atoms with van der Waals surface area (Å²) in [6, 6.07) is 14.8. The van der Waals surface area contributed by atoms with E-state index in [0.29, 0.717) is 5.92 Å². The first-order valence-electron chi connectivity index (χ1n) is 13.7. The lowest BCUT2D eigenvalue weighted by molar-refractivity contribution is -0.900. The third-order valence-electron chi connectivity index (χ3n) is 8.21. The number of rotatable bonds is 9. The molecule has 2 aromatic heterocycles. The van der Waals surface area contributed by atoms with Gasteiger partial charge in [0.2, 0.25) is 0 Å². The smallest absolute Gasteiger partial charge is 0.304 e. The number of hydrogen-bond donors (Lipinski definition) is 2. The number of likely N-dealkylation sites (N-methyl/N-ethyl adjacent to an activating group) is 1. The van der Waals surface area contributed by atoms with Crippen LogP contribution in [-0.4, -0.2) is 63.6 Å². The van der Waals surface area contributed by atoms with Gasteiger partial charge >= 0.3 is 5.97 Å². The minimum atomic E-state index is -0.740. The van der Waals surface area contributed by atoms with Crippen molar-refractivity contribution in [2.45, 2.75) is 58.3 Å². The number of benzene rings is 1. The molecule has 0 saturated carbocycles. The molecule has 3 aromatic rings. The molecule has 0 unspecified atom stereocenters. The first-order chi connectivity index (χ1) is 17.8. The van der Waals surface area contributed by atoms with Gasteiger partial charge in [0.15, 0.2) is 0 Å². The fourth-order valence-corrected chi connectivity index (χ4v) is 6.39. The van der Waals surface area contributed by atoms with E-state index in [4.69, 9.17) is 4.98 Å². The number of carboxylic acids is 1. The first-order valence-corrected chi connectivity index (χ1v) is 13.7. The molecular weight excluding hydrogens is 462 g/mol. The molecule has 1 aromatic carbocycles. The van der Waals surface area contributed by atoms with Gasteiger partial charge in [0.1, 0.15) is 5.82 Å². The highest BCUT2D eigenvalue weighted by atomic mass is 16.4. The average Bonchev–Trinajstić information content (AvgIpc) is 3.42. The molecule has 196 valence electrons. The molecule has 0 spiro atoms. The quantitative estimate of drug-likeness (QED) is 0.407. The zero-order valence-electron chi connectivity index (χ0n) is 22.4. The highest BCUT2D eigenvalue weighted by molar-refractivity contribution is 5.68. The second-order valence-electron chi connectivity index (χ2n) is 11.5. The number of nitrogens with zero attached hydrogens (tertiary/aromatic N) is 4. The first kappa shape index (κ1) is 25.5. The Balaban J connectivity index is 1.25. The van der Waals surface area contributed by atoms with Gasteiger partial charge in [-0.05, 0) is 74.9 Å². The van der Waals surface area contributed by atoms with Crippen molar-refractivity contribution in [3.63, 3.8) is 0 Å². The third kappa shape index (κ3) is 6.04. The standard InChI is InChI=1S/C30H39N5O2/c1-21-16-22(2)34(33-21)28-8-4-6-25(17-28)26(18-29(36)37)20-35(3)15-13-23(19-35)9-11-27-12-10-24-7-5-14-31-30(24)32-27/h4,6,8,10,12,16-17,23,26H,5,7,9,11,13-15,18-20H2,1-3H3,(H-,31,32,36,37)/p+1/t23-,26-,35+/m1/s1. The van der Waals surface area contributed by atoms with Crippen molar-refractivity contribution < 1.29 is 14.4 Å². The molecule has 0 amide bonds. The SMILES string of the molecule is Cc1cc(C)n(-c2cccc([C@H](CC(=O)O)C[N@@+]3(C)CC[C@@H](CCc4ccc5c(n4)NCCC5)C3)c2)n1. The van der Waals surface area contributed by atoms with E-state index in [0.717, 1.165) is 78.4 Å². The van der Waals surface area contributed by atoms with Gasteiger partial charge in [0.05, 0.1) is 44.5 Å². The van der Waals surface area contributed by atoms with Gasteiger partial charge in [-0.3, -0.25) is 4.79 Å². The lowest BCUT2D eigenvalue weighted by atomic mass is 9.93. The van der Waals surface area contributed by atoms with Crippen molar-refractivity contribution in [1.29, 1.82) is 0 Å². The number of nitrogens with one attached hydrogen (secondary N) is 1.